The van der Waals surface area contributed by atoms with Crippen molar-refractivity contribution in [1.82, 2.24) is 0 Å². The minimum atomic E-state index is -0.377. The summed E-state index contributed by atoms with van der Waals surface area (Å²) in [5, 5.41) is 20.8. The fraction of sp³-hybridized carbons (Fsp3) is 0.826. The summed E-state index contributed by atoms with van der Waals surface area (Å²) in [6, 6.07) is 0. The van der Waals surface area contributed by atoms with Crippen molar-refractivity contribution in [2.75, 3.05) is 6.54 Å². The number of fused-ring (bicyclic) bond motifs is 1. The second kappa shape index (κ2) is 11.3. The topological polar surface area (TPSA) is 66.5 Å². The largest absolute Gasteiger partial charge is 0.392 e. The van der Waals surface area contributed by atoms with Gasteiger partial charge in [0, 0.05) is 5.92 Å². The van der Waals surface area contributed by atoms with Gasteiger partial charge >= 0.3 is 0 Å². The van der Waals surface area contributed by atoms with Crippen molar-refractivity contribution in [2.45, 2.75) is 90.3 Å². The molecule has 0 aliphatic heterocycles. The van der Waals surface area contributed by atoms with Gasteiger partial charge in [0.2, 0.25) is 0 Å². The number of aliphatic hydroxyl groups is 2. The highest BCUT2D eigenvalue weighted by atomic mass is 16.3. The van der Waals surface area contributed by atoms with Crippen LogP contribution in [0.4, 0.5) is 0 Å². The van der Waals surface area contributed by atoms with Gasteiger partial charge in [0.1, 0.15) is 0 Å². The summed E-state index contributed by atoms with van der Waals surface area (Å²) < 4.78 is 0. The van der Waals surface area contributed by atoms with Gasteiger partial charge in [-0.05, 0) is 62.8 Å². The number of hydrogen-bond donors (Lipinski definition) is 3. The smallest absolute Gasteiger partial charge is 0.0723 e. The molecule has 6 atom stereocenters. The van der Waals surface area contributed by atoms with E-state index in [-0.39, 0.29) is 18.1 Å². The molecule has 150 valence electrons. The van der Waals surface area contributed by atoms with Crippen LogP contribution in [0.1, 0.15) is 78.1 Å². The van der Waals surface area contributed by atoms with E-state index in [9.17, 15) is 10.2 Å². The Labute approximate surface area is 160 Å². The van der Waals surface area contributed by atoms with Crippen LogP contribution in [0.25, 0.3) is 0 Å². The van der Waals surface area contributed by atoms with E-state index in [1.54, 1.807) is 5.57 Å². The first-order valence-corrected chi connectivity index (χ1v) is 11.0. The van der Waals surface area contributed by atoms with Gasteiger partial charge in [-0.3, -0.25) is 0 Å². The summed E-state index contributed by atoms with van der Waals surface area (Å²) in [6.45, 7) is 5.23. The molecule has 4 N–H and O–H groups in total. The van der Waals surface area contributed by atoms with Crippen molar-refractivity contribution in [2.24, 2.45) is 29.4 Å². The number of hydrogen-bond acceptors (Lipinski definition) is 3. The fourth-order valence-corrected chi connectivity index (χ4v) is 4.88. The molecule has 1 saturated carbocycles. The molecule has 0 bridgehead atoms. The van der Waals surface area contributed by atoms with Crippen LogP contribution in [-0.4, -0.2) is 29.0 Å². The second-order valence-corrected chi connectivity index (χ2v) is 8.77. The van der Waals surface area contributed by atoms with E-state index in [1.807, 2.05) is 6.08 Å². The van der Waals surface area contributed by atoms with Gasteiger partial charge in [-0.1, -0.05) is 63.3 Å². The molecule has 0 aromatic heterocycles. The molecule has 1 fully saturated rings. The maximum absolute atomic E-state index is 10.5. The molecule has 3 nitrogen and oxygen atoms in total. The normalized spacial score (nSPS) is 30.6. The Kier molecular flexibility index (Phi) is 9.38. The molecule has 0 radical (unpaired) electrons. The minimum absolute atomic E-state index is 0.207. The van der Waals surface area contributed by atoms with Gasteiger partial charge < -0.3 is 15.9 Å². The lowest BCUT2D eigenvalue weighted by Crippen LogP contribution is -2.18. The van der Waals surface area contributed by atoms with Gasteiger partial charge in [0.25, 0.3) is 0 Å². The molecule has 0 spiro atoms. The Balaban J connectivity index is 1.79. The predicted molar refractivity (Wildman–Crippen MR) is 110 cm³/mol. The fourth-order valence-electron chi connectivity index (χ4n) is 4.88. The zero-order chi connectivity index (χ0) is 18.9. The van der Waals surface area contributed by atoms with Crippen LogP contribution in [0.2, 0.25) is 0 Å². The summed E-state index contributed by atoms with van der Waals surface area (Å²) >= 11 is 0. The third-order valence-corrected chi connectivity index (χ3v) is 6.40. The highest BCUT2D eigenvalue weighted by Crippen LogP contribution is 2.48. The van der Waals surface area contributed by atoms with Crippen molar-refractivity contribution >= 4 is 0 Å². The van der Waals surface area contributed by atoms with Gasteiger partial charge in [-0.25, -0.2) is 0 Å². The number of aliphatic hydroxyl groups excluding tert-OH is 2. The van der Waals surface area contributed by atoms with E-state index in [4.69, 9.17) is 5.73 Å². The first kappa shape index (κ1) is 21.7. The number of allylic oxidation sites excluding steroid dienone is 2. The summed E-state index contributed by atoms with van der Waals surface area (Å²) in [4.78, 5) is 0. The number of nitrogens with two attached hydrogens (primary N) is 1. The van der Waals surface area contributed by atoms with E-state index >= 15 is 0 Å². The Morgan fingerprint density at radius 2 is 2.08 bits per heavy atom. The summed E-state index contributed by atoms with van der Waals surface area (Å²) in [5.74, 6) is 1.84. The molecule has 2 aliphatic carbocycles. The van der Waals surface area contributed by atoms with Crippen LogP contribution in [0.3, 0.4) is 0 Å². The maximum atomic E-state index is 10.5. The van der Waals surface area contributed by atoms with Gasteiger partial charge in [-0.15, -0.1) is 0 Å². The lowest BCUT2D eigenvalue weighted by Gasteiger charge is -2.19. The second-order valence-electron chi connectivity index (χ2n) is 8.77. The lowest BCUT2D eigenvalue weighted by atomic mass is 9.88. The average molecular weight is 364 g/mol. The molecule has 0 aromatic rings. The first-order chi connectivity index (χ1) is 12.5. The van der Waals surface area contributed by atoms with Gasteiger partial charge in [0.15, 0.2) is 0 Å². The highest BCUT2D eigenvalue weighted by molar-refractivity contribution is 5.21. The minimum Gasteiger partial charge on any atom is -0.392 e. The predicted octanol–water partition coefficient (Wildman–Crippen LogP) is 4.58. The first-order valence-electron chi connectivity index (χ1n) is 11.0. The van der Waals surface area contributed by atoms with E-state index in [0.717, 1.165) is 32.2 Å². The zero-order valence-electron chi connectivity index (χ0n) is 16.9. The molecule has 26 heavy (non-hydrogen) atoms. The molecular weight excluding hydrogens is 322 g/mol. The van der Waals surface area contributed by atoms with Crippen LogP contribution >= 0.6 is 0 Å². The zero-order valence-corrected chi connectivity index (χ0v) is 16.9. The molecule has 1 unspecified atom stereocenters. The molecule has 2 aliphatic rings. The highest BCUT2D eigenvalue weighted by Gasteiger charge is 2.43. The Morgan fingerprint density at radius 3 is 2.81 bits per heavy atom. The Bertz CT molecular complexity index is 459. The van der Waals surface area contributed by atoms with Crippen LogP contribution in [0.15, 0.2) is 23.8 Å². The van der Waals surface area contributed by atoms with Crippen molar-refractivity contribution in [3.05, 3.63) is 23.8 Å². The van der Waals surface area contributed by atoms with E-state index < -0.39 is 0 Å². The Hall–Kier alpha value is -0.640. The van der Waals surface area contributed by atoms with Crippen molar-refractivity contribution in [1.29, 1.82) is 0 Å². The van der Waals surface area contributed by atoms with Gasteiger partial charge in [-0.2, -0.15) is 0 Å². The van der Waals surface area contributed by atoms with Crippen molar-refractivity contribution < 1.29 is 10.2 Å². The Morgan fingerprint density at radius 1 is 1.27 bits per heavy atom. The van der Waals surface area contributed by atoms with Crippen LogP contribution in [0.5, 0.6) is 0 Å². The standard InChI is InChI=1S/C23H41NO2/c1-3-4-8-17(2)13-20(25)10-11-21-22-15-18(9-6-5-7-12-24)14-19(22)16-23(21)26/h10-11,14,17,19-23,25-26H,3-9,12-13,15-16,24H2,1-2H3/b11-10+/t17-,19?,20+,21+,22-,23+/m0/s1. The maximum Gasteiger partial charge on any atom is 0.0723 e. The summed E-state index contributed by atoms with van der Waals surface area (Å²) in [7, 11) is 0. The van der Waals surface area contributed by atoms with Crippen molar-refractivity contribution in [3.8, 4) is 0 Å². The SMILES string of the molecule is CCCC[C@H](C)C[C@H](O)/C=C/[C@H]1[C@H](O)CC2C=C(CCCCCN)C[C@@H]21. The van der Waals surface area contributed by atoms with E-state index in [0.29, 0.717) is 17.8 Å². The third-order valence-electron chi connectivity index (χ3n) is 6.40. The van der Waals surface area contributed by atoms with Crippen LogP contribution in [-0.2, 0) is 0 Å². The third kappa shape index (κ3) is 6.51. The van der Waals surface area contributed by atoms with E-state index in [1.165, 1.54) is 38.5 Å². The molecule has 0 saturated heterocycles. The van der Waals surface area contributed by atoms with Gasteiger partial charge in [0.05, 0.1) is 12.2 Å². The molecule has 0 heterocycles. The van der Waals surface area contributed by atoms with Crippen molar-refractivity contribution in [3.63, 3.8) is 0 Å². The summed E-state index contributed by atoms with van der Waals surface area (Å²) in [6.07, 6.45) is 17.2. The number of unbranched alkanes of at least 4 members (excludes halogenated alkanes) is 3. The quantitative estimate of drug-likeness (QED) is 0.351. The molecular formula is C23H41NO2. The molecule has 3 heteroatoms. The monoisotopic (exact) mass is 363 g/mol. The lowest BCUT2D eigenvalue weighted by molar-refractivity contribution is 0.139. The number of rotatable bonds is 12. The van der Waals surface area contributed by atoms with E-state index in [2.05, 4.69) is 26.0 Å². The molecule has 2 rings (SSSR count). The summed E-state index contributed by atoms with van der Waals surface area (Å²) in [5.41, 5.74) is 7.15. The molecule has 0 amide bonds. The molecule has 0 aromatic carbocycles. The van der Waals surface area contributed by atoms with Crippen LogP contribution in [0, 0.1) is 23.7 Å². The van der Waals surface area contributed by atoms with Crippen LogP contribution < -0.4 is 5.73 Å². The average Bonchev–Trinajstić information content (AvgIpc) is 3.11.